The Labute approximate surface area is 158 Å². The van der Waals surface area contributed by atoms with E-state index in [1.165, 1.54) is 11.6 Å². The van der Waals surface area contributed by atoms with Crippen molar-refractivity contribution >= 4 is 17.5 Å². The number of halogens is 2. The molecular weight excluding hydrogens is 351 g/mol. The summed E-state index contributed by atoms with van der Waals surface area (Å²) in [7, 11) is 0. The summed E-state index contributed by atoms with van der Waals surface area (Å²) in [6, 6.07) is 15.4. The number of hydrogen-bond acceptors (Lipinski definition) is 2. The number of rotatable bonds is 3. The van der Waals surface area contributed by atoms with Crippen LogP contribution in [0, 0.1) is 17.7 Å². The first-order chi connectivity index (χ1) is 12.5. The number of amides is 1. The van der Waals surface area contributed by atoms with Gasteiger partial charge in [0.1, 0.15) is 5.82 Å². The van der Waals surface area contributed by atoms with E-state index in [4.69, 9.17) is 11.6 Å². The Hall–Kier alpha value is -1.91. The van der Waals surface area contributed by atoms with Crippen LogP contribution in [0.25, 0.3) is 0 Å². The van der Waals surface area contributed by atoms with Gasteiger partial charge in [-0.1, -0.05) is 48.0 Å². The van der Waals surface area contributed by atoms with E-state index < -0.39 is 0 Å². The van der Waals surface area contributed by atoms with Crippen LogP contribution in [-0.4, -0.2) is 35.3 Å². The van der Waals surface area contributed by atoms with E-state index in [0.29, 0.717) is 18.4 Å². The molecule has 0 aliphatic carbocycles. The van der Waals surface area contributed by atoms with Gasteiger partial charge in [-0.2, -0.15) is 0 Å². The van der Waals surface area contributed by atoms with Crippen LogP contribution in [0.3, 0.4) is 0 Å². The molecule has 0 radical (unpaired) electrons. The first kappa shape index (κ1) is 17.5. The fraction of sp³-hybridized carbons (Fsp3) is 0.381. The minimum absolute atomic E-state index is 0.130. The molecule has 26 heavy (non-hydrogen) atoms. The zero-order valence-electron chi connectivity index (χ0n) is 14.7. The van der Waals surface area contributed by atoms with Crippen LogP contribution in [0.15, 0.2) is 48.5 Å². The summed E-state index contributed by atoms with van der Waals surface area (Å²) in [5.74, 6) is 0.646. The van der Waals surface area contributed by atoms with Crippen LogP contribution in [0.4, 0.5) is 4.39 Å². The Morgan fingerprint density at radius 1 is 1.15 bits per heavy atom. The number of benzene rings is 2. The zero-order chi connectivity index (χ0) is 18.3. The van der Waals surface area contributed by atoms with Crippen molar-refractivity contribution in [3.8, 4) is 0 Å². The molecule has 4 rings (SSSR count). The van der Waals surface area contributed by atoms with Crippen molar-refractivity contribution in [3.63, 3.8) is 0 Å². The number of fused-ring (bicyclic) bond motifs is 1. The zero-order valence-corrected chi connectivity index (χ0v) is 15.5. The Kier molecular flexibility index (Phi) is 4.72. The monoisotopic (exact) mass is 372 g/mol. The molecule has 5 heteroatoms. The van der Waals surface area contributed by atoms with Gasteiger partial charge < -0.3 is 4.90 Å². The van der Waals surface area contributed by atoms with Gasteiger partial charge in [0.2, 0.25) is 5.91 Å². The lowest BCUT2D eigenvalue weighted by Gasteiger charge is -2.29. The van der Waals surface area contributed by atoms with Crippen molar-refractivity contribution in [2.45, 2.75) is 19.5 Å². The summed E-state index contributed by atoms with van der Waals surface area (Å²) in [4.78, 5) is 16.5. The lowest BCUT2D eigenvalue weighted by Crippen LogP contribution is -2.34. The third kappa shape index (κ3) is 3.24. The van der Waals surface area contributed by atoms with Gasteiger partial charge in [0.15, 0.2) is 0 Å². The third-order valence-corrected chi connectivity index (χ3v) is 5.98. The fourth-order valence-electron chi connectivity index (χ4n) is 4.56. The minimum Gasteiger partial charge on any atom is -0.335 e. The number of likely N-dealkylation sites (tertiary alicyclic amines) is 2. The van der Waals surface area contributed by atoms with Crippen molar-refractivity contribution in [2.75, 3.05) is 19.6 Å². The summed E-state index contributed by atoms with van der Waals surface area (Å²) in [5.41, 5.74) is 2.14. The topological polar surface area (TPSA) is 23.6 Å². The predicted molar refractivity (Wildman–Crippen MR) is 100 cm³/mol. The second-order valence-electron chi connectivity index (χ2n) is 7.39. The van der Waals surface area contributed by atoms with Gasteiger partial charge in [-0.05, 0) is 29.2 Å². The number of carbonyl (C=O) groups is 1. The fourth-order valence-corrected chi connectivity index (χ4v) is 4.68. The molecule has 2 saturated heterocycles. The second-order valence-corrected chi connectivity index (χ2v) is 7.80. The number of carbonyl (C=O) groups excluding carboxylic acids is 1. The molecule has 3 nitrogen and oxygen atoms in total. The van der Waals surface area contributed by atoms with E-state index >= 15 is 0 Å². The van der Waals surface area contributed by atoms with Gasteiger partial charge in [0.25, 0.3) is 0 Å². The molecule has 2 aliphatic rings. The van der Waals surface area contributed by atoms with E-state index in [9.17, 15) is 9.18 Å². The molecule has 0 spiro atoms. The molecule has 1 amide bonds. The van der Waals surface area contributed by atoms with Gasteiger partial charge >= 0.3 is 0 Å². The number of hydrogen-bond donors (Lipinski definition) is 0. The average molecular weight is 373 g/mol. The Morgan fingerprint density at radius 3 is 2.62 bits per heavy atom. The lowest BCUT2D eigenvalue weighted by atomic mass is 9.89. The van der Waals surface area contributed by atoms with Gasteiger partial charge in [-0.25, -0.2) is 4.39 Å². The van der Waals surface area contributed by atoms with Crippen molar-refractivity contribution < 1.29 is 9.18 Å². The molecule has 2 heterocycles. The van der Waals surface area contributed by atoms with Crippen LogP contribution in [0.1, 0.15) is 24.1 Å². The molecule has 0 aromatic heterocycles. The number of nitrogens with zero attached hydrogens (tertiary/aromatic N) is 2. The molecule has 3 atom stereocenters. The molecular formula is C21H22ClFN2O. The maximum absolute atomic E-state index is 13.7. The largest absolute Gasteiger partial charge is 0.335 e. The van der Waals surface area contributed by atoms with E-state index in [-0.39, 0.29) is 22.8 Å². The van der Waals surface area contributed by atoms with Crippen LogP contribution in [-0.2, 0) is 11.3 Å². The highest BCUT2D eigenvalue weighted by Crippen LogP contribution is 2.45. The highest BCUT2D eigenvalue weighted by atomic mass is 35.5. The van der Waals surface area contributed by atoms with Gasteiger partial charge in [-0.3, -0.25) is 9.69 Å². The molecule has 0 bridgehead atoms. The van der Waals surface area contributed by atoms with Gasteiger partial charge in [0.05, 0.1) is 11.1 Å². The Morgan fingerprint density at radius 2 is 1.92 bits per heavy atom. The Bertz CT molecular complexity index is 813. The quantitative estimate of drug-likeness (QED) is 0.808. The molecule has 2 aliphatic heterocycles. The maximum atomic E-state index is 13.7. The normalized spacial score (nSPS) is 25.5. The van der Waals surface area contributed by atoms with E-state index in [1.807, 2.05) is 29.2 Å². The van der Waals surface area contributed by atoms with Crippen molar-refractivity contribution in [2.24, 2.45) is 11.8 Å². The third-order valence-electron chi connectivity index (χ3n) is 5.68. The molecule has 2 aromatic rings. The van der Waals surface area contributed by atoms with E-state index in [2.05, 4.69) is 17.0 Å². The predicted octanol–water partition coefficient (Wildman–Crippen LogP) is 4.13. The highest BCUT2D eigenvalue weighted by molar-refractivity contribution is 6.30. The molecule has 0 saturated carbocycles. The average Bonchev–Trinajstić information content (AvgIpc) is 3.16. The first-order valence-corrected chi connectivity index (χ1v) is 9.39. The van der Waals surface area contributed by atoms with Crippen LogP contribution in [0.5, 0.6) is 0 Å². The first-order valence-electron chi connectivity index (χ1n) is 9.01. The van der Waals surface area contributed by atoms with Crippen LogP contribution >= 0.6 is 11.6 Å². The highest BCUT2D eigenvalue weighted by Gasteiger charge is 2.48. The van der Waals surface area contributed by atoms with E-state index in [1.54, 1.807) is 13.0 Å². The summed E-state index contributed by atoms with van der Waals surface area (Å²) < 4.78 is 13.7. The van der Waals surface area contributed by atoms with Crippen molar-refractivity contribution in [1.82, 2.24) is 9.80 Å². The summed E-state index contributed by atoms with van der Waals surface area (Å²) in [6.07, 6.45) is 0. The summed E-state index contributed by atoms with van der Waals surface area (Å²) >= 11 is 5.78. The molecule has 136 valence electrons. The maximum Gasteiger partial charge on any atom is 0.219 e. The van der Waals surface area contributed by atoms with Crippen molar-refractivity contribution in [3.05, 3.63) is 70.5 Å². The van der Waals surface area contributed by atoms with E-state index in [0.717, 1.165) is 25.2 Å². The standard InChI is InChI=1S/C21H22ClFN2O/c1-14(26)25-12-17-11-24(10-15-7-8-19(22)20(23)9-15)13-18(17)21(25)16-5-3-2-4-6-16/h2-9,17-18,21H,10-13H2,1H3/t17-,18-,21-/m1/s1. The van der Waals surface area contributed by atoms with Gasteiger partial charge in [0, 0.05) is 39.0 Å². The molecule has 2 fully saturated rings. The van der Waals surface area contributed by atoms with Gasteiger partial charge in [-0.15, -0.1) is 0 Å². The second kappa shape index (κ2) is 7.01. The SMILES string of the molecule is CC(=O)N1C[C@H]2CN(Cc3ccc(Cl)c(F)c3)C[C@H]2[C@H]1c1ccccc1. The smallest absolute Gasteiger partial charge is 0.219 e. The molecule has 0 N–H and O–H groups in total. The minimum atomic E-state index is -0.367. The van der Waals surface area contributed by atoms with Crippen LogP contribution < -0.4 is 0 Å². The molecule has 2 aromatic carbocycles. The van der Waals surface area contributed by atoms with Crippen LogP contribution in [0.2, 0.25) is 5.02 Å². The Balaban J connectivity index is 1.53. The van der Waals surface area contributed by atoms with Crippen molar-refractivity contribution in [1.29, 1.82) is 0 Å². The summed E-state index contributed by atoms with van der Waals surface area (Å²) in [6.45, 7) is 5.01. The summed E-state index contributed by atoms with van der Waals surface area (Å²) in [5, 5.41) is 0.160. The lowest BCUT2D eigenvalue weighted by molar-refractivity contribution is -0.130. The molecule has 0 unspecified atom stereocenters.